The highest BCUT2D eigenvalue weighted by Gasteiger charge is 2.51. The van der Waals surface area contributed by atoms with Crippen LogP contribution >= 0.6 is 0 Å². The Morgan fingerprint density at radius 2 is 1.63 bits per heavy atom. The number of rotatable bonds is 10. The Hall–Kier alpha value is -0.680. The number of hydrogen-bond donors (Lipinski definition) is 4. The monoisotopic (exact) mass is 496 g/mol. The SMILES string of the molecule is [2H]C([2H])([2H])C(O)(CCC[C@H](CCCC(C)(C)O)[C@H]1CC[C@H]2/C(=C/C=C3C[C@@H](O)C[C@H](O)C3)CCC[C@]12C)C([2H])([2H])[2H]. The lowest BCUT2D eigenvalue weighted by Crippen LogP contribution is -2.37. The second kappa shape index (κ2) is 11.8. The van der Waals surface area contributed by atoms with E-state index in [9.17, 15) is 20.4 Å². The van der Waals surface area contributed by atoms with Crippen molar-refractivity contribution in [2.45, 2.75) is 148 Å². The van der Waals surface area contributed by atoms with Crippen LogP contribution in [0.25, 0.3) is 0 Å². The van der Waals surface area contributed by atoms with Crippen LogP contribution in [-0.4, -0.2) is 43.8 Å². The minimum absolute atomic E-state index is 0.0674. The molecule has 35 heavy (non-hydrogen) atoms. The number of allylic oxidation sites excluding steroid dienone is 3. The van der Waals surface area contributed by atoms with Crippen molar-refractivity contribution >= 4 is 0 Å². The molecule has 0 heterocycles. The highest BCUT2D eigenvalue weighted by atomic mass is 16.3. The van der Waals surface area contributed by atoms with Gasteiger partial charge in [0.1, 0.15) is 0 Å². The van der Waals surface area contributed by atoms with Crippen molar-refractivity contribution in [2.75, 3.05) is 0 Å². The summed E-state index contributed by atoms with van der Waals surface area (Å²) in [6.07, 6.45) is 13.4. The Kier molecular flexibility index (Phi) is 7.17. The summed E-state index contributed by atoms with van der Waals surface area (Å²) in [6.45, 7) is -0.00654. The van der Waals surface area contributed by atoms with Gasteiger partial charge in [-0.15, -0.1) is 0 Å². The second-order valence-electron chi connectivity index (χ2n) is 12.8. The Morgan fingerprint density at radius 1 is 1.00 bits per heavy atom. The molecule has 3 fully saturated rings. The molecule has 0 bridgehead atoms. The molecular weight excluding hydrogens is 436 g/mol. The van der Waals surface area contributed by atoms with E-state index in [4.69, 9.17) is 8.22 Å². The van der Waals surface area contributed by atoms with Crippen LogP contribution in [0.1, 0.15) is 133 Å². The summed E-state index contributed by atoms with van der Waals surface area (Å²) in [7, 11) is 0. The fourth-order valence-corrected chi connectivity index (χ4v) is 7.55. The maximum absolute atomic E-state index is 10.8. The van der Waals surface area contributed by atoms with Crippen LogP contribution in [0, 0.1) is 23.2 Å². The molecule has 202 valence electrons. The topological polar surface area (TPSA) is 80.9 Å². The first-order valence-electron chi connectivity index (χ1n) is 17.0. The van der Waals surface area contributed by atoms with Gasteiger partial charge in [-0.3, -0.25) is 0 Å². The first-order chi connectivity index (χ1) is 18.8. The molecule has 0 aromatic rings. The van der Waals surface area contributed by atoms with Crippen LogP contribution in [-0.2, 0) is 0 Å². The van der Waals surface area contributed by atoms with E-state index < -0.39 is 37.1 Å². The summed E-state index contributed by atoms with van der Waals surface area (Å²) >= 11 is 0. The second-order valence-corrected chi connectivity index (χ2v) is 12.8. The molecule has 6 atom stereocenters. The van der Waals surface area contributed by atoms with Gasteiger partial charge in [0, 0.05) is 8.22 Å². The van der Waals surface area contributed by atoms with Crippen LogP contribution in [0.15, 0.2) is 23.3 Å². The lowest BCUT2D eigenvalue weighted by atomic mass is 9.60. The molecule has 0 amide bonds. The molecule has 3 aliphatic carbocycles. The first-order valence-corrected chi connectivity index (χ1v) is 14.0. The van der Waals surface area contributed by atoms with Crippen molar-refractivity contribution in [3.8, 4) is 0 Å². The van der Waals surface area contributed by atoms with Crippen molar-refractivity contribution in [2.24, 2.45) is 23.2 Å². The summed E-state index contributed by atoms with van der Waals surface area (Å²) in [5, 5.41) is 41.3. The summed E-state index contributed by atoms with van der Waals surface area (Å²) in [5.74, 6) is 1.05. The number of aliphatic hydroxyl groups is 4. The molecule has 3 aliphatic rings. The van der Waals surface area contributed by atoms with Gasteiger partial charge in [-0.25, -0.2) is 0 Å². The van der Waals surface area contributed by atoms with Crippen molar-refractivity contribution in [1.82, 2.24) is 0 Å². The molecule has 3 rings (SSSR count). The molecule has 0 aliphatic heterocycles. The highest BCUT2D eigenvalue weighted by molar-refractivity contribution is 5.26. The molecule has 0 radical (unpaired) electrons. The molecule has 4 N–H and O–H groups in total. The molecule has 0 aromatic carbocycles. The zero-order valence-electron chi connectivity index (χ0n) is 28.2. The molecular formula is C31H54O4. The van der Waals surface area contributed by atoms with Crippen molar-refractivity contribution < 1.29 is 28.7 Å². The molecule has 4 nitrogen and oxygen atoms in total. The van der Waals surface area contributed by atoms with Crippen LogP contribution < -0.4 is 0 Å². The number of aliphatic hydroxyl groups excluding tert-OH is 2. The zero-order chi connectivity index (χ0) is 30.9. The van der Waals surface area contributed by atoms with Crippen LogP contribution in [0.5, 0.6) is 0 Å². The first kappa shape index (κ1) is 21.3. The van der Waals surface area contributed by atoms with E-state index >= 15 is 0 Å². The van der Waals surface area contributed by atoms with E-state index in [1.54, 1.807) is 13.8 Å². The molecule has 4 heteroatoms. The molecule has 0 saturated heterocycles. The molecule has 0 aromatic heterocycles. The third-order valence-corrected chi connectivity index (χ3v) is 9.16. The highest BCUT2D eigenvalue weighted by Crippen LogP contribution is 2.60. The van der Waals surface area contributed by atoms with Crippen molar-refractivity contribution in [1.29, 1.82) is 0 Å². The fraction of sp³-hybridized carbons (Fsp3) is 0.871. The van der Waals surface area contributed by atoms with E-state index in [1.165, 1.54) is 5.57 Å². The van der Waals surface area contributed by atoms with Crippen molar-refractivity contribution in [3.63, 3.8) is 0 Å². The Labute approximate surface area is 223 Å². The van der Waals surface area contributed by atoms with E-state index in [2.05, 4.69) is 19.1 Å². The van der Waals surface area contributed by atoms with E-state index in [-0.39, 0.29) is 17.8 Å². The van der Waals surface area contributed by atoms with Gasteiger partial charge < -0.3 is 20.4 Å². The molecule has 0 unspecified atom stereocenters. The smallest absolute Gasteiger partial charge is 0.0602 e. The third-order valence-electron chi connectivity index (χ3n) is 9.16. The molecule has 3 saturated carbocycles. The maximum Gasteiger partial charge on any atom is 0.0602 e. The maximum atomic E-state index is 10.8. The van der Waals surface area contributed by atoms with Gasteiger partial charge in [-0.05, 0) is 115 Å². The van der Waals surface area contributed by atoms with Gasteiger partial charge in [0.2, 0.25) is 0 Å². The molecule has 0 spiro atoms. The van der Waals surface area contributed by atoms with Gasteiger partial charge in [0.15, 0.2) is 0 Å². The minimum atomic E-state index is -3.00. The lowest BCUT2D eigenvalue weighted by Gasteiger charge is -2.45. The average Bonchev–Trinajstić information content (AvgIpc) is 3.16. The average molecular weight is 497 g/mol. The normalized spacial score (nSPS) is 37.5. The van der Waals surface area contributed by atoms with Gasteiger partial charge in [0.05, 0.1) is 23.4 Å². The Balaban J connectivity index is 1.79. The van der Waals surface area contributed by atoms with Crippen LogP contribution in [0.3, 0.4) is 0 Å². The van der Waals surface area contributed by atoms with Gasteiger partial charge in [-0.1, -0.05) is 55.9 Å². The van der Waals surface area contributed by atoms with Gasteiger partial charge in [0.25, 0.3) is 0 Å². The summed E-state index contributed by atoms with van der Waals surface area (Å²) < 4.78 is 46.4. The Bertz CT molecular complexity index is 908. The lowest BCUT2D eigenvalue weighted by molar-refractivity contribution is 0.0479. The van der Waals surface area contributed by atoms with Crippen LogP contribution in [0.2, 0.25) is 0 Å². The standard InChI is InChI=1S/C31H54O4/c1-29(2,34)16-6-9-23(10-7-17-30(3,4)35)27-14-15-28-24(11-8-18-31(27,28)5)13-12-22-19-25(32)21-26(33)20-22/h12-13,23,25-28,32-35H,6-11,14-21H2,1-5H3/b24-13+/t25-,26-,27-,28+,31-/m1/s1/i1D3,2D3/t23-,25-,26-,27-,28+,31-. The fourth-order valence-electron chi connectivity index (χ4n) is 7.55. The Morgan fingerprint density at radius 3 is 2.23 bits per heavy atom. The third kappa shape index (κ3) is 8.42. The summed E-state index contributed by atoms with van der Waals surface area (Å²) in [6, 6.07) is 0. The minimum Gasteiger partial charge on any atom is -0.393 e. The summed E-state index contributed by atoms with van der Waals surface area (Å²) in [5.41, 5.74) is -0.917. The van der Waals surface area contributed by atoms with Gasteiger partial charge in [-0.2, -0.15) is 0 Å². The zero-order valence-corrected chi connectivity index (χ0v) is 22.2. The predicted molar refractivity (Wildman–Crippen MR) is 144 cm³/mol. The quantitative estimate of drug-likeness (QED) is 0.280. The largest absolute Gasteiger partial charge is 0.393 e. The number of hydrogen-bond acceptors (Lipinski definition) is 4. The predicted octanol–water partition coefficient (Wildman–Crippen LogP) is 6.46. The van der Waals surface area contributed by atoms with Gasteiger partial charge >= 0.3 is 0 Å². The van der Waals surface area contributed by atoms with Crippen molar-refractivity contribution in [3.05, 3.63) is 23.3 Å². The van der Waals surface area contributed by atoms with E-state index in [0.717, 1.165) is 50.5 Å². The van der Waals surface area contributed by atoms with E-state index in [0.29, 0.717) is 50.4 Å². The number of fused-ring (bicyclic) bond motifs is 1. The summed E-state index contributed by atoms with van der Waals surface area (Å²) in [4.78, 5) is 0. The van der Waals surface area contributed by atoms with E-state index in [1.807, 2.05) is 0 Å². The van der Waals surface area contributed by atoms with Crippen LogP contribution in [0.4, 0.5) is 0 Å².